The Kier molecular flexibility index (Phi) is 3.64. The average Bonchev–Trinajstić information content (AvgIpc) is 2.76. The van der Waals surface area contributed by atoms with E-state index in [4.69, 9.17) is 0 Å². The molecule has 1 N–H and O–H groups in total. The second-order valence-electron chi connectivity index (χ2n) is 6.09. The van der Waals surface area contributed by atoms with Gasteiger partial charge in [-0.15, -0.1) is 0 Å². The summed E-state index contributed by atoms with van der Waals surface area (Å²) in [6.07, 6.45) is 1.62. The van der Waals surface area contributed by atoms with Crippen molar-refractivity contribution in [1.82, 2.24) is 15.2 Å². The molecule has 0 bridgehead atoms. The predicted molar refractivity (Wildman–Crippen MR) is 86.6 cm³/mol. The Labute approximate surface area is 135 Å². The van der Waals surface area contributed by atoms with Crippen molar-refractivity contribution in [2.75, 3.05) is 0 Å². The molecule has 23 heavy (non-hydrogen) atoms. The topological polar surface area (TPSA) is 62.3 Å². The molecule has 1 atom stereocenters. The Morgan fingerprint density at radius 1 is 1.17 bits per heavy atom. The van der Waals surface area contributed by atoms with Crippen molar-refractivity contribution in [3.63, 3.8) is 0 Å². The van der Waals surface area contributed by atoms with E-state index in [1.54, 1.807) is 31.3 Å². The molecule has 0 radical (unpaired) electrons. The number of aromatic nitrogens is 1. The molecule has 2 aromatic rings. The number of hydrogen-bond acceptors (Lipinski definition) is 3. The van der Waals surface area contributed by atoms with Gasteiger partial charge >= 0.3 is 6.03 Å². The van der Waals surface area contributed by atoms with Gasteiger partial charge in [0.1, 0.15) is 0 Å². The average molecular weight is 309 g/mol. The fourth-order valence-electron chi connectivity index (χ4n) is 2.81. The van der Waals surface area contributed by atoms with Crippen molar-refractivity contribution in [3.05, 3.63) is 65.0 Å². The van der Waals surface area contributed by atoms with Gasteiger partial charge in [0.05, 0.1) is 12.2 Å². The van der Waals surface area contributed by atoms with Gasteiger partial charge in [0, 0.05) is 6.20 Å². The van der Waals surface area contributed by atoms with E-state index in [0.29, 0.717) is 5.69 Å². The highest BCUT2D eigenvalue weighted by Crippen LogP contribution is 2.28. The molecule has 1 aromatic heterocycles. The zero-order chi connectivity index (χ0) is 16.6. The Hall–Kier alpha value is -2.69. The van der Waals surface area contributed by atoms with Crippen molar-refractivity contribution in [2.45, 2.75) is 32.9 Å². The summed E-state index contributed by atoms with van der Waals surface area (Å²) in [6, 6.07) is 11.0. The van der Waals surface area contributed by atoms with Gasteiger partial charge in [-0.05, 0) is 44.0 Å². The van der Waals surface area contributed by atoms with Crippen molar-refractivity contribution < 1.29 is 9.59 Å². The molecule has 0 unspecified atom stereocenters. The number of amides is 3. The Bertz CT molecular complexity index is 773. The summed E-state index contributed by atoms with van der Waals surface area (Å²) in [7, 11) is 0. The van der Waals surface area contributed by atoms with Crippen LogP contribution in [0.15, 0.2) is 42.6 Å². The van der Waals surface area contributed by atoms with Gasteiger partial charge in [-0.1, -0.05) is 29.8 Å². The number of hydrogen-bond donors (Lipinski definition) is 1. The standard InChI is InChI=1S/C18H19N3O2/c1-12-7-8-13(2)14(10-12)11-21-16(22)18(3,20-17(21)23)15-6-4-5-9-19-15/h4-10H,11H2,1-3H3,(H,20,23)/t18-/m0/s1. The molecule has 1 aliphatic rings. The van der Waals surface area contributed by atoms with Crippen LogP contribution < -0.4 is 5.32 Å². The number of aryl methyl sites for hydroxylation is 2. The number of nitrogens with zero attached hydrogens (tertiary/aromatic N) is 2. The number of urea groups is 1. The highest BCUT2D eigenvalue weighted by atomic mass is 16.2. The van der Waals surface area contributed by atoms with E-state index in [0.717, 1.165) is 16.7 Å². The number of benzene rings is 1. The normalized spacial score (nSPS) is 20.7. The minimum atomic E-state index is -1.12. The van der Waals surface area contributed by atoms with Gasteiger partial charge in [0.2, 0.25) is 0 Å². The SMILES string of the molecule is Cc1ccc(C)c(CN2C(=O)N[C@@](C)(c3ccccn3)C2=O)c1. The molecule has 1 aliphatic heterocycles. The first-order chi connectivity index (χ1) is 10.9. The molecule has 0 spiro atoms. The first-order valence-corrected chi connectivity index (χ1v) is 7.53. The number of nitrogens with one attached hydrogen (secondary N) is 1. The maximum absolute atomic E-state index is 12.8. The third kappa shape index (κ3) is 2.59. The highest BCUT2D eigenvalue weighted by molar-refractivity contribution is 6.06. The van der Waals surface area contributed by atoms with Crippen LogP contribution in [0.1, 0.15) is 29.3 Å². The zero-order valence-corrected chi connectivity index (χ0v) is 13.5. The molecule has 0 aliphatic carbocycles. The maximum Gasteiger partial charge on any atom is 0.325 e. The third-order valence-electron chi connectivity index (χ3n) is 4.29. The van der Waals surface area contributed by atoms with E-state index in [1.165, 1.54) is 4.90 Å². The number of carbonyl (C=O) groups is 2. The van der Waals surface area contributed by atoms with E-state index < -0.39 is 5.54 Å². The van der Waals surface area contributed by atoms with E-state index in [2.05, 4.69) is 10.3 Å². The quantitative estimate of drug-likeness (QED) is 0.887. The monoisotopic (exact) mass is 309 g/mol. The largest absolute Gasteiger partial charge is 0.325 e. The molecule has 5 heteroatoms. The summed E-state index contributed by atoms with van der Waals surface area (Å²) < 4.78 is 0. The summed E-state index contributed by atoms with van der Waals surface area (Å²) in [5.41, 5.74) is 2.56. The van der Waals surface area contributed by atoms with Crippen LogP contribution in [0.4, 0.5) is 4.79 Å². The van der Waals surface area contributed by atoms with E-state index >= 15 is 0 Å². The maximum atomic E-state index is 12.8. The smallest absolute Gasteiger partial charge is 0.318 e. The fourth-order valence-corrected chi connectivity index (χ4v) is 2.81. The van der Waals surface area contributed by atoms with Gasteiger partial charge in [-0.3, -0.25) is 14.7 Å². The predicted octanol–water partition coefficient (Wildman–Crippen LogP) is 2.67. The minimum absolute atomic E-state index is 0.264. The zero-order valence-electron chi connectivity index (χ0n) is 13.5. The molecule has 0 saturated carbocycles. The lowest BCUT2D eigenvalue weighted by molar-refractivity contribution is -0.131. The van der Waals surface area contributed by atoms with Crippen LogP contribution in [0.2, 0.25) is 0 Å². The minimum Gasteiger partial charge on any atom is -0.318 e. The lowest BCUT2D eigenvalue weighted by Gasteiger charge is -2.21. The summed E-state index contributed by atoms with van der Waals surface area (Å²) in [4.78, 5) is 30.7. The molecule has 1 saturated heterocycles. The molecule has 3 amide bonds. The Morgan fingerprint density at radius 2 is 1.96 bits per heavy atom. The van der Waals surface area contributed by atoms with Crippen LogP contribution in [0.25, 0.3) is 0 Å². The molecule has 5 nitrogen and oxygen atoms in total. The van der Waals surface area contributed by atoms with Gasteiger partial charge < -0.3 is 5.32 Å². The van der Waals surface area contributed by atoms with Gasteiger partial charge in [-0.25, -0.2) is 4.79 Å². The first-order valence-electron chi connectivity index (χ1n) is 7.53. The molecule has 118 valence electrons. The fraction of sp³-hybridized carbons (Fsp3) is 0.278. The molecular weight excluding hydrogens is 290 g/mol. The summed E-state index contributed by atoms with van der Waals surface area (Å²) >= 11 is 0. The molecule has 2 heterocycles. The van der Waals surface area contributed by atoms with Crippen LogP contribution in [-0.2, 0) is 16.9 Å². The number of carbonyl (C=O) groups excluding carboxylic acids is 2. The Morgan fingerprint density at radius 3 is 2.65 bits per heavy atom. The number of rotatable bonds is 3. The van der Waals surface area contributed by atoms with Crippen LogP contribution in [0.5, 0.6) is 0 Å². The van der Waals surface area contributed by atoms with Crippen LogP contribution >= 0.6 is 0 Å². The summed E-state index contributed by atoms with van der Waals surface area (Å²) in [6.45, 7) is 5.93. The second kappa shape index (κ2) is 5.50. The van der Waals surface area contributed by atoms with Gasteiger partial charge in [0.25, 0.3) is 5.91 Å². The van der Waals surface area contributed by atoms with E-state index in [1.807, 2.05) is 32.0 Å². The van der Waals surface area contributed by atoms with Gasteiger partial charge in [0.15, 0.2) is 5.54 Å². The number of imide groups is 1. The highest BCUT2D eigenvalue weighted by Gasteiger charge is 2.49. The van der Waals surface area contributed by atoms with E-state index in [-0.39, 0.29) is 18.5 Å². The lowest BCUT2D eigenvalue weighted by atomic mass is 9.97. The van der Waals surface area contributed by atoms with Gasteiger partial charge in [-0.2, -0.15) is 0 Å². The first kappa shape index (κ1) is 15.2. The van der Waals surface area contributed by atoms with E-state index in [9.17, 15) is 9.59 Å². The Balaban J connectivity index is 1.92. The van der Waals surface area contributed by atoms with Crippen LogP contribution in [-0.4, -0.2) is 21.8 Å². The van der Waals surface area contributed by atoms with Crippen LogP contribution in [0.3, 0.4) is 0 Å². The molecular formula is C18H19N3O2. The number of pyridine rings is 1. The summed E-state index contributed by atoms with van der Waals surface area (Å²) in [5, 5.41) is 2.78. The molecule has 1 fully saturated rings. The molecule has 1 aromatic carbocycles. The molecule has 3 rings (SSSR count). The lowest BCUT2D eigenvalue weighted by Crippen LogP contribution is -2.41. The van der Waals surface area contributed by atoms with Crippen molar-refractivity contribution >= 4 is 11.9 Å². The third-order valence-corrected chi connectivity index (χ3v) is 4.29. The van der Waals surface area contributed by atoms with Crippen molar-refractivity contribution in [1.29, 1.82) is 0 Å². The summed E-state index contributed by atoms with van der Waals surface area (Å²) in [5.74, 6) is -0.276. The second-order valence-corrected chi connectivity index (χ2v) is 6.09. The van der Waals surface area contributed by atoms with Crippen molar-refractivity contribution in [2.24, 2.45) is 0 Å². The van der Waals surface area contributed by atoms with Crippen molar-refractivity contribution in [3.8, 4) is 0 Å². The van der Waals surface area contributed by atoms with Crippen LogP contribution in [0, 0.1) is 13.8 Å².